The van der Waals surface area contributed by atoms with Crippen LogP contribution >= 0.6 is 0 Å². The van der Waals surface area contributed by atoms with E-state index in [9.17, 15) is 13.0 Å². The highest BCUT2D eigenvalue weighted by Crippen LogP contribution is 2.27. The van der Waals surface area contributed by atoms with E-state index in [4.69, 9.17) is 0 Å². The maximum atomic E-state index is 11.6. The molecule has 138 valence electrons. The Labute approximate surface area is 148 Å². The van der Waals surface area contributed by atoms with E-state index in [0.717, 1.165) is 19.3 Å². The fourth-order valence-electron chi connectivity index (χ4n) is 3.15. The molecule has 0 amide bonds. The lowest BCUT2D eigenvalue weighted by Gasteiger charge is -2.14. The molecular weight excluding hydrogens is 320 g/mol. The number of benzene rings is 1. The lowest BCUT2D eigenvalue weighted by molar-refractivity contribution is 0.458. The Morgan fingerprint density at radius 3 is 1.71 bits per heavy atom. The molecule has 1 rings (SSSR count). The molecule has 4 heteroatoms. The van der Waals surface area contributed by atoms with Crippen molar-refractivity contribution in [1.29, 1.82) is 0 Å². The number of hydrogen-bond acceptors (Lipinski definition) is 2. The highest BCUT2D eigenvalue weighted by Gasteiger charge is 2.24. The molecule has 1 aromatic carbocycles. The normalized spacial score (nSPS) is 13.1. The van der Waals surface area contributed by atoms with Gasteiger partial charge in [-0.15, -0.1) is 0 Å². The summed E-state index contributed by atoms with van der Waals surface area (Å²) in [5, 5.41) is -0.780. The van der Waals surface area contributed by atoms with E-state index < -0.39 is 15.4 Å². The first-order valence-electron chi connectivity index (χ1n) is 9.57. The number of unbranched alkanes of at least 4 members (excludes halogenated alkanes) is 10. The fourth-order valence-corrected chi connectivity index (χ4v) is 4.11. The molecule has 1 unspecified atom stereocenters. The highest BCUT2D eigenvalue weighted by molar-refractivity contribution is 7.86. The Morgan fingerprint density at radius 1 is 0.792 bits per heavy atom. The zero-order chi connectivity index (χ0) is 17.7. The van der Waals surface area contributed by atoms with Crippen LogP contribution in [0.3, 0.4) is 0 Å². The minimum Gasteiger partial charge on any atom is -0.285 e. The number of rotatable bonds is 14. The van der Waals surface area contributed by atoms with Gasteiger partial charge in [-0.05, 0) is 12.0 Å². The van der Waals surface area contributed by atoms with Gasteiger partial charge >= 0.3 is 0 Å². The van der Waals surface area contributed by atoms with Crippen LogP contribution in [0.4, 0.5) is 0 Å². The van der Waals surface area contributed by atoms with Crippen molar-refractivity contribution < 1.29 is 13.0 Å². The molecule has 1 aromatic rings. The number of hydrogen-bond donors (Lipinski definition) is 1. The first-order chi connectivity index (χ1) is 11.6. The summed E-state index contributed by atoms with van der Waals surface area (Å²) in [6.07, 6.45) is 14.1. The van der Waals surface area contributed by atoms with Gasteiger partial charge in [-0.25, -0.2) is 0 Å². The van der Waals surface area contributed by atoms with Crippen molar-refractivity contribution in [3.63, 3.8) is 0 Å². The van der Waals surface area contributed by atoms with Gasteiger partial charge in [0.1, 0.15) is 5.25 Å². The second-order valence-corrected chi connectivity index (χ2v) is 8.34. The minimum absolute atomic E-state index is 0.500. The molecule has 1 N–H and O–H groups in total. The molecule has 0 bridgehead atoms. The van der Waals surface area contributed by atoms with E-state index >= 15 is 0 Å². The smallest absolute Gasteiger partial charge is 0.271 e. The van der Waals surface area contributed by atoms with Crippen LogP contribution in [0, 0.1) is 0 Å². The Kier molecular flexibility index (Phi) is 11.0. The predicted molar refractivity (Wildman–Crippen MR) is 102 cm³/mol. The van der Waals surface area contributed by atoms with Crippen LogP contribution in [0.1, 0.15) is 94.8 Å². The Balaban J connectivity index is 2.14. The van der Waals surface area contributed by atoms with Crippen molar-refractivity contribution in [1.82, 2.24) is 0 Å². The standard InChI is InChI=1S/C20H34O3S/c1-2-3-4-5-6-7-8-9-10-11-15-18-20(24(21,22)23)19-16-13-12-14-17-19/h12-14,16-17,20H,2-11,15,18H2,1H3,(H,21,22,23). The van der Waals surface area contributed by atoms with E-state index in [1.54, 1.807) is 12.1 Å². The summed E-state index contributed by atoms with van der Waals surface area (Å²) in [4.78, 5) is 0. The van der Waals surface area contributed by atoms with Crippen LogP contribution in [-0.4, -0.2) is 13.0 Å². The Bertz CT molecular complexity index is 511. The molecule has 0 aromatic heterocycles. The largest absolute Gasteiger partial charge is 0.285 e. The SMILES string of the molecule is CCCCCCCCCCCCCC(c1ccccc1)S(=O)(=O)O. The van der Waals surface area contributed by atoms with Crippen molar-refractivity contribution in [3.8, 4) is 0 Å². The molecule has 0 heterocycles. The fraction of sp³-hybridized carbons (Fsp3) is 0.700. The third-order valence-corrected chi connectivity index (χ3v) is 5.83. The van der Waals surface area contributed by atoms with Crippen molar-refractivity contribution in [3.05, 3.63) is 35.9 Å². The van der Waals surface area contributed by atoms with E-state index in [1.165, 1.54) is 51.4 Å². The van der Waals surface area contributed by atoms with Crippen molar-refractivity contribution in [2.24, 2.45) is 0 Å². The molecule has 0 spiro atoms. The van der Waals surface area contributed by atoms with Gasteiger partial charge < -0.3 is 0 Å². The van der Waals surface area contributed by atoms with Gasteiger partial charge in [0.05, 0.1) is 0 Å². The van der Waals surface area contributed by atoms with Gasteiger partial charge in [0.2, 0.25) is 0 Å². The van der Waals surface area contributed by atoms with Crippen molar-refractivity contribution in [2.45, 2.75) is 89.2 Å². The van der Waals surface area contributed by atoms with Crippen LogP contribution in [0.25, 0.3) is 0 Å². The average molecular weight is 355 g/mol. The maximum absolute atomic E-state index is 11.6. The zero-order valence-corrected chi connectivity index (χ0v) is 15.9. The molecule has 24 heavy (non-hydrogen) atoms. The van der Waals surface area contributed by atoms with Gasteiger partial charge in [0.15, 0.2) is 0 Å². The molecule has 0 saturated heterocycles. The van der Waals surface area contributed by atoms with E-state index in [0.29, 0.717) is 12.0 Å². The Morgan fingerprint density at radius 2 is 1.25 bits per heavy atom. The maximum Gasteiger partial charge on any atom is 0.271 e. The lowest BCUT2D eigenvalue weighted by atomic mass is 10.0. The summed E-state index contributed by atoms with van der Waals surface area (Å²) in [7, 11) is -4.03. The first-order valence-corrected chi connectivity index (χ1v) is 11.1. The molecule has 0 aliphatic heterocycles. The summed E-state index contributed by atoms with van der Waals surface area (Å²) in [5.41, 5.74) is 0.687. The molecule has 0 radical (unpaired) electrons. The van der Waals surface area contributed by atoms with Crippen LogP contribution in [0.15, 0.2) is 30.3 Å². The summed E-state index contributed by atoms with van der Waals surface area (Å²) in [5.74, 6) is 0. The molecule has 0 aliphatic carbocycles. The van der Waals surface area contributed by atoms with Gasteiger partial charge in [0.25, 0.3) is 10.1 Å². The van der Waals surface area contributed by atoms with Crippen LogP contribution in [0.2, 0.25) is 0 Å². The summed E-state index contributed by atoms with van der Waals surface area (Å²) < 4.78 is 32.7. The predicted octanol–water partition coefficient (Wildman–Crippen LogP) is 6.32. The molecule has 0 aliphatic rings. The molecule has 0 fully saturated rings. The molecule has 0 saturated carbocycles. The second kappa shape index (κ2) is 12.5. The van der Waals surface area contributed by atoms with E-state index in [1.807, 2.05) is 18.2 Å². The second-order valence-electron chi connectivity index (χ2n) is 6.74. The van der Waals surface area contributed by atoms with Gasteiger partial charge in [-0.1, -0.05) is 108 Å². The van der Waals surface area contributed by atoms with E-state index in [2.05, 4.69) is 6.92 Å². The van der Waals surface area contributed by atoms with Gasteiger partial charge in [-0.2, -0.15) is 8.42 Å². The van der Waals surface area contributed by atoms with Crippen LogP contribution in [-0.2, 0) is 10.1 Å². The first kappa shape index (κ1) is 21.2. The monoisotopic (exact) mass is 354 g/mol. The molecule has 1 atom stereocenters. The molecule has 3 nitrogen and oxygen atoms in total. The van der Waals surface area contributed by atoms with E-state index in [-0.39, 0.29) is 0 Å². The summed E-state index contributed by atoms with van der Waals surface area (Å²) in [6.45, 7) is 2.24. The van der Waals surface area contributed by atoms with Crippen LogP contribution in [0.5, 0.6) is 0 Å². The molecular formula is C20H34O3S. The quantitative estimate of drug-likeness (QED) is 0.314. The Hall–Kier alpha value is -0.870. The van der Waals surface area contributed by atoms with Crippen molar-refractivity contribution in [2.75, 3.05) is 0 Å². The average Bonchev–Trinajstić information content (AvgIpc) is 2.55. The van der Waals surface area contributed by atoms with Crippen LogP contribution < -0.4 is 0 Å². The summed E-state index contributed by atoms with van der Waals surface area (Å²) in [6, 6.07) is 9.03. The minimum atomic E-state index is -4.03. The highest BCUT2D eigenvalue weighted by atomic mass is 32.2. The third-order valence-electron chi connectivity index (χ3n) is 4.60. The summed E-state index contributed by atoms with van der Waals surface area (Å²) >= 11 is 0. The van der Waals surface area contributed by atoms with Crippen molar-refractivity contribution >= 4 is 10.1 Å². The zero-order valence-electron chi connectivity index (χ0n) is 15.1. The third kappa shape index (κ3) is 9.43. The topological polar surface area (TPSA) is 54.4 Å². The van der Waals surface area contributed by atoms with Gasteiger partial charge in [-0.3, -0.25) is 4.55 Å². The van der Waals surface area contributed by atoms with Gasteiger partial charge in [0, 0.05) is 0 Å². The lowest BCUT2D eigenvalue weighted by Crippen LogP contribution is -2.12.